The first-order valence-corrected chi connectivity index (χ1v) is 13.0. The zero-order valence-electron chi connectivity index (χ0n) is 19.2. The van der Waals surface area contributed by atoms with Crippen LogP contribution in [0.3, 0.4) is 0 Å². The fraction of sp³-hybridized carbons (Fsp3) is 0.462. The molecule has 3 rings (SSSR count). The average molecular weight is 534 g/mol. The molecule has 5 nitrogen and oxygen atoms in total. The van der Waals surface area contributed by atoms with Gasteiger partial charge in [0.25, 0.3) is 5.91 Å². The third kappa shape index (κ3) is 8.63. The van der Waals surface area contributed by atoms with Gasteiger partial charge in [0, 0.05) is 11.3 Å². The first-order valence-electron chi connectivity index (χ1n) is 11.8. The van der Waals surface area contributed by atoms with Crippen molar-refractivity contribution in [3.05, 3.63) is 52.5 Å². The quantitative estimate of drug-likeness (QED) is 0.252. The van der Waals surface area contributed by atoms with Crippen molar-refractivity contribution in [3.63, 3.8) is 0 Å². The molecule has 0 aliphatic heterocycles. The summed E-state index contributed by atoms with van der Waals surface area (Å²) in [6.07, 6.45) is 9.95. The number of anilines is 1. The Bertz CT molecular complexity index is 914. The van der Waals surface area contributed by atoms with Crippen molar-refractivity contribution in [1.82, 2.24) is 5.32 Å². The second-order valence-corrected chi connectivity index (χ2v) is 9.68. The Morgan fingerprint density at radius 1 is 1.06 bits per heavy atom. The number of ether oxygens (including phenoxy) is 2. The number of hydrogen-bond acceptors (Lipinski definition) is 4. The Kier molecular flexibility index (Phi) is 10.5. The lowest BCUT2D eigenvalue weighted by molar-refractivity contribution is 0.0977. The Balaban J connectivity index is 1.43. The predicted octanol–water partition coefficient (Wildman–Crippen LogP) is 7.10. The standard InChI is InChI=1S/C26H33BrN2O3S/c1-2-3-16-32-24-14-9-20(18-23(24)27)25(30)29-26(33)28-21-10-12-22(13-11-21)31-17-15-19-7-5-4-6-8-19/h9-14,18-19H,2-8,15-17H2,1H3,(H2,28,29,30,33). The van der Waals surface area contributed by atoms with Crippen LogP contribution in [0.5, 0.6) is 11.5 Å². The molecule has 0 radical (unpaired) electrons. The molecule has 1 fully saturated rings. The Hall–Kier alpha value is -2.12. The first-order chi connectivity index (χ1) is 16.0. The highest BCUT2D eigenvalue weighted by molar-refractivity contribution is 9.10. The van der Waals surface area contributed by atoms with Crippen molar-refractivity contribution in [1.29, 1.82) is 0 Å². The van der Waals surface area contributed by atoms with Crippen LogP contribution in [0.1, 0.15) is 68.6 Å². The number of nitrogens with one attached hydrogen (secondary N) is 2. The number of rotatable bonds is 10. The van der Waals surface area contributed by atoms with E-state index in [1.165, 1.54) is 32.1 Å². The summed E-state index contributed by atoms with van der Waals surface area (Å²) in [5, 5.41) is 6.00. The predicted molar refractivity (Wildman–Crippen MR) is 141 cm³/mol. The van der Waals surface area contributed by atoms with Crippen LogP contribution in [0, 0.1) is 5.92 Å². The molecule has 2 aromatic rings. The van der Waals surface area contributed by atoms with Gasteiger partial charge in [-0.2, -0.15) is 0 Å². The van der Waals surface area contributed by atoms with E-state index in [0.717, 1.165) is 53.4 Å². The molecule has 2 aromatic carbocycles. The maximum Gasteiger partial charge on any atom is 0.257 e. The van der Waals surface area contributed by atoms with Crippen LogP contribution < -0.4 is 20.1 Å². The molecule has 0 spiro atoms. The fourth-order valence-electron chi connectivity index (χ4n) is 3.88. The minimum absolute atomic E-state index is 0.241. The van der Waals surface area contributed by atoms with Crippen LogP contribution in [0.15, 0.2) is 46.9 Å². The lowest BCUT2D eigenvalue weighted by Gasteiger charge is -2.21. The van der Waals surface area contributed by atoms with Crippen LogP contribution in [0.4, 0.5) is 5.69 Å². The highest BCUT2D eigenvalue weighted by Crippen LogP contribution is 2.27. The lowest BCUT2D eigenvalue weighted by Crippen LogP contribution is -2.34. The summed E-state index contributed by atoms with van der Waals surface area (Å²) < 4.78 is 12.3. The molecule has 0 unspecified atom stereocenters. The Morgan fingerprint density at radius 2 is 1.82 bits per heavy atom. The van der Waals surface area contributed by atoms with Crippen molar-refractivity contribution < 1.29 is 14.3 Å². The zero-order chi connectivity index (χ0) is 23.5. The summed E-state index contributed by atoms with van der Waals surface area (Å²) >= 11 is 8.78. The fourth-order valence-corrected chi connectivity index (χ4v) is 4.58. The molecule has 1 aliphatic rings. The van der Waals surface area contributed by atoms with Crippen LogP contribution in [-0.4, -0.2) is 24.2 Å². The molecule has 1 aliphatic carbocycles. The Morgan fingerprint density at radius 3 is 2.52 bits per heavy atom. The summed E-state index contributed by atoms with van der Waals surface area (Å²) in [6, 6.07) is 12.9. The first kappa shape index (κ1) is 25.5. The van der Waals surface area contributed by atoms with Gasteiger partial charge in [-0.15, -0.1) is 0 Å². The van der Waals surface area contributed by atoms with Crippen LogP contribution in [0.25, 0.3) is 0 Å². The van der Waals surface area contributed by atoms with E-state index in [9.17, 15) is 4.79 Å². The van der Waals surface area contributed by atoms with Gasteiger partial charge in [-0.05, 0) is 89.4 Å². The van der Waals surface area contributed by atoms with Gasteiger partial charge in [-0.3, -0.25) is 10.1 Å². The molecular formula is C26H33BrN2O3S. The maximum atomic E-state index is 12.6. The van der Waals surface area contributed by atoms with Gasteiger partial charge in [-0.25, -0.2) is 0 Å². The van der Waals surface area contributed by atoms with E-state index < -0.39 is 0 Å². The van der Waals surface area contributed by atoms with Crippen molar-refractivity contribution >= 4 is 44.9 Å². The molecular weight excluding hydrogens is 500 g/mol. The summed E-state index contributed by atoms with van der Waals surface area (Å²) in [6.45, 7) is 3.52. The smallest absolute Gasteiger partial charge is 0.257 e. The van der Waals surface area contributed by atoms with E-state index in [-0.39, 0.29) is 11.0 Å². The number of carbonyl (C=O) groups excluding carboxylic acids is 1. The highest BCUT2D eigenvalue weighted by atomic mass is 79.9. The second kappa shape index (κ2) is 13.6. The van der Waals surface area contributed by atoms with E-state index >= 15 is 0 Å². The normalized spacial score (nSPS) is 13.9. The van der Waals surface area contributed by atoms with Crippen molar-refractivity contribution in [2.45, 2.75) is 58.3 Å². The lowest BCUT2D eigenvalue weighted by atomic mass is 9.87. The number of hydrogen-bond donors (Lipinski definition) is 2. The maximum absolute atomic E-state index is 12.6. The van der Waals surface area contributed by atoms with Crippen LogP contribution >= 0.6 is 28.1 Å². The number of carbonyl (C=O) groups is 1. The topological polar surface area (TPSA) is 59.6 Å². The van der Waals surface area contributed by atoms with Crippen LogP contribution in [0.2, 0.25) is 0 Å². The number of halogens is 1. The second-order valence-electron chi connectivity index (χ2n) is 8.42. The van der Waals surface area contributed by atoms with Gasteiger partial charge in [0.2, 0.25) is 0 Å². The Labute approximate surface area is 210 Å². The third-order valence-electron chi connectivity index (χ3n) is 5.81. The molecule has 2 N–H and O–H groups in total. The molecule has 1 saturated carbocycles. The third-order valence-corrected chi connectivity index (χ3v) is 6.63. The monoisotopic (exact) mass is 532 g/mol. The van der Waals surface area contributed by atoms with E-state index in [2.05, 4.69) is 33.5 Å². The van der Waals surface area contributed by atoms with Crippen molar-refractivity contribution in [2.75, 3.05) is 18.5 Å². The number of thiocarbonyl (C=S) groups is 1. The molecule has 178 valence electrons. The summed E-state index contributed by atoms with van der Waals surface area (Å²) in [4.78, 5) is 12.6. The number of unbranched alkanes of at least 4 members (excludes halogenated alkanes) is 1. The number of benzene rings is 2. The highest BCUT2D eigenvalue weighted by Gasteiger charge is 2.13. The largest absolute Gasteiger partial charge is 0.494 e. The van der Waals surface area contributed by atoms with Gasteiger partial charge in [0.15, 0.2) is 5.11 Å². The summed E-state index contributed by atoms with van der Waals surface area (Å²) in [5.74, 6) is 2.10. The van der Waals surface area contributed by atoms with Crippen LogP contribution in [-0.2, 0) is 0 Å². The summed E-state index contributed by atoms with van der Waals surface area (Å²) in [7, 11) is 0. The minimum atomic E-state index is -0.282. The SMILES string of the molecule is CCCCOc1ccc(C(=O)NC(=S)Nc2ccc(OCCC3CCCCC3)cc2)cc1Br. The zero-order valence-corrected chi connectivity index (χ0v) is 21.6. The van der Waals surface area contributed by atoms with E-state index in [0.29, 0.717) is 12.2 Å². The molecule has 0 aromatic heterocycles. The van der Waals surface area contributed by atoms with E-state index in [1.54, 1.807) is 18.2 Å². The average Bonchev–Trinajstić information content (AvgIpc) is 2.82. The molecule has 0 bridgehead atoms. The molecule has 0 heterocycles. The molecule has 0 saturated heterocycles. The van der Waals surface area contributed by atoms with Gasteiger partial charge >= 0.3 is 0 Å². The minimum Gasteiger partial charge on any atom is -0.494 e. The molecule has 33 heavy (non-hydrogen) atoms. The molecule has 7 heteroatoms. The van der Waals surface area contributed by atoms with Gasteiger partial charge < -0.3 is 14.8 Å². The number of amides is 1. The van der Waals surface area contributed by atoms with Gasteiger partial charge in [-0.1, -0.05) is 45.4 Å². The van der Waals surface area contributed by atoms with E-state index in [1.807, 2.05) is 24.3 Å². The van der Waals surface area contributed by atoms with E-state index in [4.69, 9.17) is 21.7 Å². The molecule has 0 atom stereocenters. The molecule has 1 amide bonds. The summed E-state index contributed by atoms with van der Waals surface area (Å²) in [5.41, 5.74) is 1.29. The van der Waals surface area contributed by atoms with Crippen molar-refractivity contribution in [3.8, 4) is 11.5 Å². The van der Waals surface area contributed by atoms with Gasteiger partial charge in [0.05, 0.1) is 17.7 Å². The van der Waals surface area contributed by atoms with Gasteiger partial charge in [0.1, 0.15) is 11.5 Å². The van der Waals surface area contributed by atoms with Crippen molar-refractivity contribution in [2.24, 2.45) is 5.92 Å².